The van der Waals surface area contributed by atoms with E-state index >= 15 is 0 Å². The Labute approximate surface area is 134 Å². The molecule has 2 heteroatoms. The van der Waals surface area contributed by atoms with Crippen molar-refractivity contribution < 1.29 is 9.84 Å². The summed E-state index contributed by atoms with van der Waals surface area (Å²) in [4.78, 5) is 0. The molecule has 22 heavy (non-hydrogen) atoms. The van der Waals surface area contributed by atoms with Crippen LogP contribution >= 0.6 is 0 Å². The average Bonchev–Trinajstić information content (AvgIpc) is 3.05. The molecule has 5 aliphatic carbocycles. The number of rotatable bonds is 1. The first-order valence-corrected chi connectivity index (χ1v) is 9.39. The van der Waals surface area contributed by atoms with E-state index in [1.165, 1.54) is 38.5 Å². The molecule has 4 fully saturated rings. The Balaban J connectivity index is 1.58. The fraction of sp³-hybridized carbons (Fsp3) is 0.900. The van der Waals surface area contributed by atoms with Gasteiger partial charge in [0.05, 0.1) is 12.2 Å². The van der Waals surface area contributed by atoms with Crippen LogP contribution in [0.5, 0.6) is 0 Å². The van der Waals surface area contributed by atoms with Gasteiger partial charge in [-0.1, -0.05) is 25.5 Å². The van der Waals surface area contributed by atoms with Gasteiger partial charge in [0.1, 0.15) is 0 Å². The average molecular weight is 302 g/mol. The highest BCUT2D eigenvalue weighted by atomic mass is 16.5. The molecule has 0 aromatic heterocycles. The van der Waals surface area contributed by atoms with Crippen LogP contribution in [0, 0.1) is 34.0 Å². The van der Waals surface area contributed by atoms with Crippen molar-refractivity contribution in [3.05, 3.63) is 11.6 Å². The summed E-state index contributed by atoms with van der Waals surface area (Å²) in [7, 11) is 1.94. The molecule has 0 heterocycles. The van der Waals surface area contributed by atoms with Crippen molar-refractivity contribution in [3.8, 4) is 0 Å². The van der Waals surface area contributed by atoms with Gasteiger partial charge in [-0.2, -0.15) is 0 Å². The van der Waals surface area contributed by atoms with E-state index in [1.54, 1.807) is 5.57 Å². The summed E-state index contributed by atoms with van der Waals surface area (Å²) in [6, 6.07) is 0. The SMILES string of the molecule is CO[C@@H]1C[C@H]2C3=CC[C@@H](O)[C@@]3(C)CC[C@@H]2[C@@]2(C)CC[C@@H]3C[C@@]312. The molecule has 0 radical (unpaired) electrons. The summed E-state index contributed by atoms with van der Waals surface area (Å²) in [5, 5.41) is 10.5. The predicted octanol–water partition coefficient (Wildman–Crippen LogP) is 3.94. The maximum absolute atomic E-state index is 10.5. The molecule has 4 saturated carbocycles. The Kier molecular flexibility index (Phi) is 2.56. The third-order valence-corrected chi connectivity index (χ3v) is 9.19. The number of methoxy groups -OCH3 is 1. The van der Waals surface area contributed by atoms with E-state index in [0.717, 1.165) is 18.3 Å². The van der Waals surface area contributed by atoms with Crippen molar-refractivity contribution >= 4 is 0 Å². The fourth-order valence-corrected chi connectivity index (χ4v) is 7.89. The van der Waals surface area contributed by atoms with E-state index in [9.17, 15) is 5.11 Å². The summed E-state index contributed by atoms with van der Waals surface area (Å²) in [6.07, 6.45) is 11.5. The maximum Gasteiger partial charge on any atom is 0.0665 e. The molecular formula is C20H30O2. The Morgan fingerprint density at radius 2 is 2.05 bits per heavy atom. The number of ether oxygens (including phenoxy) is 1. The molecule has 0 bridgehead atoms. The van der Waals surface area contributed by atoms with Gasteiger partial charge in [0.25, 0.3) is 0 Å². The molecule has 8 atom stereocenters. The molecule has 1 spiro atoms. The lowest BCUT2D eigenvalue weighted by Crippen LogP contribution is -2.55. The number of aliphatic hydroxyl groups excluding tert-OH is 1. The third kappa shape index (κ3) is 1.30. The van der Waals surface area contributed by atoms with Crippen LogP contribution in [-0.4, -0.2) is 24.4 Å². The zero-order chi connectivity index (χ0) is 15.3. The Morgan fingerprint density at radius 3 is 2.77 bits per heavy atom. The zero-order valence-electron chi connectivity index (χ0n) is 14.3. The standard InChI is InChI=1S/C20H30O2/c1-18-8-7-15-13(14(18)4-5-16(18)21)10-17(22-3)20-11-12(20)6-9-19(15,20)2/h4,12-13,15-17,21H,5-11H2,1-3H3/t12-,13+,15+,16-,17-,18+,19-,20-/m1/s1. The van der Waals surface area contributed by atoms with Crippen LogP contribution in [0.2, 0.25) is 0 Å². The first-order valence-electron chi connectivity index (χ1n) is 9.39. The molecular weight excluding hydrogens is 272 g/mol. The summed E-state index contributed by atoms with van der Waals surface area (Å²) in [5.41, 5.74) is 2.64. The molecule has 0 aromatic carbocycles. The van der Waals surface area contributed by atoms with E-state index in [0.29, 0.717) is 22.9 Å². The van der Waals surface area contributed by atoms with E-state index in [-0.39, 0.29) is 11.5 Å². The molecule has 0 saturated heterocycles. The first-order chi connectivity index (χ1) is 10.5. The van der Waals surface area contributed by atoms with Crippen LogP contribution in [0.3, 0.4) is 0 Å². The monoisotopic (exact) mass is 302 g/mol. The normalized spacial score (nSPS) is 61.8. The molecule has 5 rings (SSSR count). The van der Waals surface area contributed by atoms with Crippen LogP contribution in [0.4, 0.5) is 0 Å². The third-order valence-electron chi connectivity index (χ3n) is 9.19. The Bertz CT molecular complexity index is 554. The lowest BCUT2D eigenvalue weighted by Gasteiger charge is -2.58. The van der Waals surface area contributed by atoms with Gasteiger partial charge in [-0.05, 0) is 68.1 Å². The second kappa shape index (κ2) is 4.00. The van der Waals surface area contributed by atoms with E-state index in [1.807, 2.05) is 7.11 Å². The quantitative estimate of drug-likeness (QED) is 0.744. The van der Waals surface area contributed by atoms with Crippen LogP contribution in [-0.2, 0) is 4.74 Å². The lowest BCUT2D eigenvalue weighted by atomic mass is 9.47. The zero-order valence-corrected chi connectivity index (χ0v) is 14.3. The van der Waals surface area contributed by atoms with Crippen molar-refractivity contribution in [1.29, 1.82) is 0 Å². The van der Waals surface area contributed by atoms with Gasteiger partial charge in [-0.3, -0.25) is 0 Å². The number of fused-ring (bicyclic) bond motifs is 4. The fourth-order valence-electron chi connectivity index (χ4n) is 7.89. The largest absolute Gasteiger partial charge is 0.392 e. The van der Waals surface area contributed by atoms with E-state index in [4.69, 9.17) is 4.74 Å². The van der Waals surface area contributed by atoms with Crippen molar-refractivity contribution in [1.82, 2.24) is 0 Å². The van der Waals surface area contributed by atoms with Crippen molar-refractivity contribution in [2.75, 3.05) is 7.11 Å². The van der Waals surface area contributed by atoms with Gasteiger partial charge >= 0.3 is 0 Å². The highest BCUT2D eigenvalue weighted by molar-refractivity contribution is 5.34. The molecule has 0 amide bonds. The predicted molar refractivity (Wildman–Crippen MR) is 86.3 cm³/mol. The molecule has 0 aromatic rings. The van der Waals surface area contributed by atoms with Gasteiger partial charge in [-0.15, -0.1) is 0 Å². The number of hydrogen-bond donors (Lipinski definition) is 1. The molecule has 2 nitrogen and oxygen atoms in total. The molecule has 1 N–H and O–H groups in total. The summed E-state index contributed by atoms with van der Waals surface area (Å²) in [5.74, 6) is 2.44. The minimum atomic E-state index is -0.148. The van der Waals surface area contributed by atoms with Crippen LogP contribution in [0.25, 0.3) is 0 Å². The van der Waals surface area contributed by atoms with Crippen LogP contribution in [0.15, 0.2) is 11.6 Å². The molecule has 0 unspecified atom stereocenters. The molecule has 5 aliphatic rings. The van der Waals surface area contributed by atoms with Gasteiger partial charge in [0.2, 0.25) is 0 Å². The second-order valence-corrected chi connectivity index (χ2v) is 9.44. The topological polar surface area (TPSA) is 29.5 Å². The Hall–Kier alpha value is -0.340. The minimum Gasteiger partial charge on any atom is -0.392 e. The minimum absolute atomic E-state index is 0.0574. The first kappa shape index (κ1) is 14.0. The van der Waals surface area contributed by atoms with Crippen LogP contribution < -0.4 is 0 Å². The van der Waals surface area contributed by atoms with Gasteiger partial charge in [0, 0.05) is 17.9 Å². The maximum atomic E-state index is 10.5. The second-order valence-electron chi connectivity index (χ2n) is 9.44. The summed E-state index contributed by atoms with van der Waals surface area (Å²) < 4.78 is 6.08. The van der Waals surface area contributed by atoms with Gasteiger partial charge in [-0.25, -0.2) is 0 Å². The van der Waals surface area contributed by atoms with E-state index in [2.05, 4.69) is 19.9 Å². The van der Waals surface area contributed by atoms with Gasteiger partial charge < -0.3 is 9.84 Å². The van der Waals surface area contributed by atoms with E-state index < -0.39 is 0 Å². The number of aliphatic hydroxyl groups is 1. The Morgan fingerprint density at radius 1 is 1.23 bits per heavy atom. The van der Waals surface area contributed by atoms with Crippen molar-refractivity contribution in [2.45, 2.75) is 71.0 Å². The summed E-state index contributed by atoms with van der Waals surface area (Å²) >= 11 is 0. The smallest absolute Gasteiger partial charge is 0.0665 e. The molecule has 0 aliphatic heterocycles. The van der Waals surface area contributed by atoms with Crippen LogP contribution in [0.1, 0.15) is 58.8 Å². The van der Waals surface area contributed by atoms with Crippen molar-refractivity contribution in [2.24, 2.45) is 34.0 Å². The molecule has 122 valence electrons. The highest BCUT2D eigenvalue weighted by Crippen LogP contribution is 2.81. The lowest BCUT2D eigenvalue weighted by molar-refractivity contribution is -0.125. The summed E-state index contributed by atoms with van der Waals surface area (Å²) in [6.45, 7) is 4.91. The van der Waals surface area contributed by atoms with Crippen molar-refractivity contribution in [3.63, 3.8) is 0 Å². The number of hydrogen-bond acceptors (Lipinski definition) is 2. The van der Waals surface area contributed by atoms with Gasteiger partial charge in [0.15, 0.2) is 0 Å². The highest BCUT2D eigenvalue weighted by Gasteiger charge is 2.77.